The number of hydrogen-bond acceptors (Lipinski definition) is 6. The molecule has 0 bridgehead atoms. The highest BCUT2D eigenvalue weighted by atomic mass is 35.5. The number of esters is 1. The van der Waals surface area contributed by atoms with Gasteiger partial charge in [0.15, 0.2) is 0 Å². The highest BCUT2D eigenvalue weighted by Crippen LogP contribution is 2.36. The Labute approximate surface area is 207 Å². The summed E-state index contributed by atoms with van der Waals surface area (Å²) in [5.74, 6) is -2.35. The first-order valence-electron chi connectivity index (χ1n) is 9.81. The average Bonchev–Trinajstić information content (AvgIpc) is 3.18. The van der Waals surface area contributed by atoms with Gasteiger partial charge in [0.1, 0.15) is 10.6 Å². The third-order valence-electron chi connectivity index (χ3n) is 4.54. The lowest BCUT2D eigenvalue weighted by Crippen LogP contribution is -2.32. The molecule has 0 atom stereocenters. The number of amides is 2. The van der Waals surface area contributed by atoms with Crippen LogP contribution in [0.5, 0.6) is 5.75 Å². The van der Waals surface area contributed by atoms with Crippen molar-refractivity contribution in [3.63, 3.8) is 0 Å². The van der Waals surface area contributed by atoms with Crippen LogP contribution >= 0.6 is 34.5 Å². The number of anilines is 1. The lowest BCUT2D eigenvalue weighted by atomic mass is 10.2. The van der Waals surface area contributed by atoms with Gasteiger partial charge < -0.3 is 10.1 Å². The Morgan fingerprint density at radius 1 is 0.882 bits per heavy atom. The average molecular weight is 512 g/mol. The predicted molar refractivity (Wildman–Crippen MR) is 134 cm³/mol. The number of hydrogen-bond donors (Lipinski definition) is 2. The standard InChI is InChI=1S/C24H15Cl2N3O4S/c25-16-9-3-4-10-17(16)28-22(30)23(31)29-27-13-14-7-1-5-11-18(14)33-24(32)21-20(26)15-8-2-6-12-19(15)34-21/h1-13H,(H,28,30)(H,29,31)/b27-13+. The minimum absolute atomic E-state index is 0.208. The molecule has 2 amide bonds. The van der Waals surface area contributed by atoms with Crippen LogP contribution < -0.4 is 15.5 Å². The number of para-hydroxylation sites is 2. The molecule has 7 nitrogen and oxygen atoms in total. The van der Waals surface area contributed by atoms with Crippen molar-refractivity contribution in [2.24, 2.45) is 5.10 Å². The summed E-state index contributed by atoms with van der Waals surface area (Å²) in [7, 11) is 0. The summed E-state index contributed by atoms with van der Waals surface area (Å²) in [4.78, 5) is 37.1. The number of ether oxygens (including phenoxy) is 1. The zero-order chi connectivity index (χ0) is 24.1. The van der Waals surface area contributed by atoms with Crippen LogP contribution in [0.1, 0.15) is 15.2 Å². The van der Waals surface area contributed by atoms with Crippen molar-refractivity contribution in [3.05, 3.63) is 93.3 Å². The van der Waals surface area contributed by atoms with Crippen LogP contribution in [0.2, 0.25) is 10.0 Å². The maximum atomic E-state index is 12.8. The smallest absolute Gasteiger partial charge is 0.355 e. The number of nitrogens with zero attached hydrogens (tertiary/aromatic N) is 1. The van der Waals surface area contributed by atoms with Gasteiger partial charge in [0.25, 0.3) is 0 Å². The molecule has 34 heavy (non-hydrogen) atoms. The van der Waals surface area contributed by atoms with Gasteiger partial charge in [-0.1, -0.05) is 65.7 Å². The second-order valence-corrected chi connectivity index (χ2v) is 8.64. The second-order valence-electron chi connectivity index (χ2n) is 6.80. The summed E-state index contributed by atoms with van der Waals surface area (Å²) < 4.78 is 6.40. The fraction of sp³-hybridized carbons (Fsp3) is 0. The zero-order valence-corrected chi connectivity index (χ0v) is 19.6. The molecule has 3 aromatic carbocycles. The normalized spacial score (nSPS) is 10.9. The molecule has 4 rings (SSSR count). The molecule has 1 heterocycles. The maximum Gasteiger partial charge on any atom is 0.355 e. The minimum atomic E-state index is -0.997. The van der Waals surface area contributed by atoms with Crippen molar-refractivity contribution >= 4 is 74.3 Å². The van der Waals surface area contributed by atoms with Gasteiger partial charge in [-0.15, -0.1) is 11.3 Å². The molecule has 0 saturated carbocycles. The molecule has 1 aromatic heterocycles. The van der Waals surface area contributed by atoms with E-state index >= 15 is 0 Å². The molecule has 10 heteroatoms. The molecule has 0 saturated heterocycles. The van der Waals surface area contributed by atoms with E-state index in [0.29, 0.717) is 21.3 Å². The molecular formula is C24H15Cl2N3O4S. The van der Waals surface area contributed by atoms with E-state index in [1.54, 1.807) is 48.5 Å². The number of benzene rings is 3. The first kappa shape index (κ1) is 23.4. The molecular weight excluding hydrogens is 497 g/mol. The summed E-state index contributed by atoms with van der Waals surface area (Å²) in [6.07, 6.45) is 1.26. The quantitative estimate of drug-likeness (QED) is 0.121. The fourth-order valence-corrected chi connectivity index (χ4v) is 4.49. The van der Waals surface area contributed by atoms with Crippen molar-refractivity contribution < 1.29 is 19.1 Å². The third kappa shape index (κ3) is 5.26. The number of thiophene rings is 1. The van der Waals surface area contributed by atoms with Crippen LogP contribution in [-0.2, 0) is 9.59 Å². The highest BCUT2D eigenvalue weighted by Gasteiger charge is 2.20. The van der Waals surface area contributed by atoms with Crippen LogP contribution in [0, 0.1) is 0 Å². The Bertz CT molecular complexity index is 1430. The summed E-state index contributed by atoms with van der Waals surface area (Å²) in [5.41, 5.74) is 2.82. The number of halogens is 2. The lowest BCUT2D eigenvalue weighted by molar-refractivity contribution is -0.136. The lowest BCUT2D eigenvalue weighted by Gasteiger charge is -2.07. The molecule has 0 radical (unpaired) electrons. The molecule has 170 valence electrons. The number of fused-ring (bicyclic) bond motifs is 1. The van der Waals surface area contributed by atoms with Gasteiger partial charge in [0, 0.05) is 15.6 Å². The SMILES string of the molecule is O=C(N/N=C/c1ccccc1OC(=O)c1sc2ccccc2c1Cl)C(=O)Nc1ccccc1Cl. The van der Waals surface area contributed by atoms with E-state index in [1.807, 2.05) is 24.3 Å². The van der Waals surface area contributed by atoms with Crippen LogP contribution in [0.4, 0.5) is 5.69 Å². The summed E-state index contributed by atoms with van der Waals surface area (Å²) in [6.45, 7) is 0. The molecule has 0 spiro atoms. The Morgan fingerprint density at radius 2 is 1.59 bits per heavy atom. The molecule has 0 unspecified atom stereocenters. The monoisotopic (exact) mass is 511 g/mol. The van der Waals surface area contributed by atoms with Gasteiger partial charge >= 0.3 is 17.8 Å². The van der Waals surface area contributed by atoms with Gasteiger partial charge in [0.05, 0.1) is 21.9 Å². The van der Waals surface area contributed by atoms with Gasteiger partial charge in [-0.2, -0.15) is 5.10 Å². The number of rotatable bonds is 5. The first-order valence-corrected chi connectivity index (χ1v) is 11.4. The Hall–Kier alpha value is -3.72. The maximum absolute atomic E-state index is 12.8. The molecule has 4 aromatic rings. The van der Waals surface area contributed by atoms with E-state index < -0.39 is 17.8 Å². The number of carbonyl (C=O) groups excluding carboxylic acids is 3. The van der Waals surface area contributed by atoms with Crippen LogP contribution in [0.3, 0.4) is 0 Å². The summed E-state index contributed by atoms with van der Waals surface area (Å²) in [6, 6.07) is 20.5. The van der Waals surface area contributed by atoms with Crippen molar-refractivity contribution in [2.45, 2.75) is 0 Å². The topological polar surface area (TPSA) is 96.9 Å². The van der Waals surface area contributed by atoms with Gasteiger partial charge in [-0.05, 0) is 30.3 Å². The zero-order valence-electron chi connectivity index (χ0n) is 17.2. The molecule has 0 fully saturated rings. The Morgan fingerprint density at radius 3 is 2.38 bits per heavy atom. The third-order valence-corrected chi connectivity index (χ3v) is 6.53. The van der Waals surface area contributed by atoms with Crippen molar-refractivity contribution in [3.8, 4) is 5.75 Å². The van der Waals surface area contributed by atoms with Gasteiger partial charge in [-0.3, -0.25) is 9.59 Å². The van der Waals surface area contributed by atoms with E-state index in [1.165, 1.54) is 17.6 Å². The molecule has 0 aliphatic heterocycles. The number of hydrazone groups is 1. The van der Waals surface area contributed by atoms with Crippen molar-refractivity contribution in [1.29, 1.82) is 0 Å². The molecule has 0 aliphatic carbocycles. The van der Waals surface area contributed by atoms with Gasteiger partial charge in [0.2, 0.25) is 0 Å². The minimum Gasteiger partial charge on any atom is -0.422 e. The number of carbonyl (C=O) groups is 3. The van der Waals surface area contributed by atoms with E-state index in [2.05, 4.69) is 15.8 Å². The fourth-order valence-electron chi connectivity index (χ4n) is 2.92. The summed E-state index contributed by atoms with van der Waals surface area (Å²) >= 11 is 13.6. The van der Waals surface area contributed by atoms with E-state index in [9.17, 15) is 14.4 Å². The van der Waals surface area contributed by atoms with Crippen LogP contribution in [0.25, 0.3) is 10.1 Å². The number of nitrogens with one attached hydrogen (secondary N) is 2. The highest BCUT2D eigenvalue weighted by molar-refractivity contribution is 7.21. The first-order chi connectivity index (χ1) is 16.4. The van der Waals surface area contributed by atoms with Crippen LogP contribution in [-0.4, -0.2) is 24.0 Å². The predicted octanol–water partition coefficient (Wildman–Crippen LogP) is 5.52. The van der Waals surface area contributed by atoms with Crippen molar-refractivity contribution in [1.82, 2.24) is 5.43 Å². The van der Waals surface area contributed by atoms with Crippen molar-refractivity contribution in [2.75, 3.05) is 5.32 Å². The Balaban J connectivity index is 1.43. The van der Waals surface area contributed by atoms with E-state index in [0.717, 1.165) is 10.1 Å². The largest absolute Gasteiger partial charge is 0.422 e. The second kappa shape index (κ2) is 10.5. The van der Waals surface area contributed by atoms with E-state index in [-0.39, 0.29) is 10.6 Å². The summed E-state index contributed by atoms with van der Waals surface area (Å²) in [5, 5.41) is 7.57. The van der Waals surface area contributed by atoms with Gasteiger partial charge in [-0.25, -0.2) is 10.2 Å². The Kier molecular flexibility index (Phi) is 7.22. The molecule has 0 aliphatic rings. The van der Waals surface area contributed by atoms with Crippen LogP contribution in [0.15, 0.2) is 77.9 Å². The molecule has 2 N–H and O–H groups in total. The van der Waals surface area contributed by atoms with E-state index in [4.69, 9.17) is 27.9 Å².